The highest BCUT2D eigenvalue weighted by atomic mass is 16.5. The van der Waals surface area contributed by atoms with Crippen LogP contribution in [0.2, 0.25) is 0 Å². The number of piperidine rings is 1. The number of rotatable bonds is 8. The standard InChI is InChI=1S/C24H34N2O3/c1-5-25(14-15-28-4)24(27)21-7-6-20-17-23(9-8-19(20)16-21)29-22-10-12-26(13-11-22)18(2)3/h6-9,16-18,22H,5,10-15H2,1-4H3. The molecule has 1 heterocycles. The van der Waals surface area contributed by atoms with Crippen LogP contribution >= 0.6 is 0 Å². The summed E-state index contributed by atoms with van der Waals surface area (Å²) in [6, 6.07) is 12.7. The van der Waals surface area contributed by atoms with Crippen molar-refractivity contribution in [1.29, 1.82) is 0 Å². The maximum Gasteiger partial charge on any atom is 0.253 e. The first-order valence-electron chi connectivity index (χ1n) is 10.7. The van der Waals surface area contributed by atoms with Crippen LogP contribution in [0.25, 0.3) is 10.8 Å². The first kappa shape index (κ1) is 21.6. The highest BCUT2D eigenvalue weighted by Crippen LogP contribution is 2.25. The molecule has 5 nitrogen and oxygen atoms in total. The molecule has 0 saturated carbocycles. The van der Waals surface area contributed by atoms with Crippen LogP contribution < -0.4 is 4.74 Å². The van der Waals surface area contributed by atoms with Crippen molar-refractivity contribution in [2.45, 2.75) is 45.8 Å². The Hall–Kier alpha value is -2.11. The topological polar surface area (TPSA) is 42.0 Å². The maximum absolute atomic E-state index is 12.8. The molecule has 1 aliphatic rings. The molecule has 1 saturated heterocycles. The van der Waals surface area contributed by atoms with Crippen molar-refractivity contribution in [2.24, 2.45) is 0 Å². The van der Waals surface area contributed by atoms with E-state index in [4.69, 9.17) is 9.47 Å². The molecule has 5 heteroatoms. The van der Waals surface area contributed by atoms with E-state index in [1.807, 2.05) is 36.1 Å². The molecule has 0 radical (unpaired) electrons. The van der Waals surface area contributed by atoms with Crippen molar-refractivity contribution in [3.63, 3.8) is 0 Å². The number of hydrogen-bond acceptors (Lipinski definition) is 4. The maximum atomic E-state index is 12.8. The number of hydrogen-bond donors (Lipinski definition) is 0. The average molecular weight is 399 g/mol. The van der Waals surface area contributed by atoms with Crippen molar-refractivity contribution in [3.8, 4) is 5.75 Å². The molecular weight excluding hydrogens is 364 g/mol. The molecule has 0 bridgehead atoms. The van der Waals surface area contributed by atoms with Gasteiger partial charge in [0, 0.05) is 44.9 Å². The number of carbonyl (C=O) groups excluding carboxylic acids is 1. The van der Waals surface area contributed by atoms with Crippen LogP contribution in [0, 0.1) is 0 Å². The number of benzene rings is 2. The van der Waals surface area contributed by atoms with Crippen LogP contribution in [-0.4, -0.2) is 67.7 Å². The minimum atomic E-state index is 0.0451. The normalized spacial score (nSPS) is 15.8. The predicted molar refractivity (Wildman–Crippen MR) is 118 cm³/mol. The van der Waals surface area contributed by atoms with Gasteiger partial charge in [-0.25, -0.2) is 0 Å². The zero-order chi connectivity index (χ0) is 20.8. The lowest BCUT2D eigenvalue weighted by Gasteiger charge is -2.34. The molecule has 29 heavy (non-hydrogen) atoms. The third-order valence-corrected chi connectivity index (χ3v) is 5.80. The Balaban J connectivity index is 1.67. The average Bonchev–Trinajstić information content (AvgIpc) is 2.74. The molecule has 0 unspecified atom stereocenters. The van der Waals surface area contributed by atoms with Crippen LogP contribution in [0.5, 0.6) is 5.75 Å². The lowest BCUT2D eigenvalue weighted by Crippen LogP contribution is -2.41. The Morgan fingerprint density at radius 2 is 1.83 bits per heavy atom. The monoisotopic (exact) mass is 398 g/mol. The van der Waals surface area contributed by atoms with Gasteiger partial charge in [-0.05, 0) is 68.7 Å². The van der Waals surface area contributed by atoms with E-state index in [0.29, 0.717) is 31.3 Å². The summed E-state index contributed by atoms with van der Waals surface area (Å²) in [7, 11) is 1.65. The van der Waals surface area contributed by atoms with E-state index in [0.717, 1.165) is 42.5 Å². The fourth-order valence-corrected chi connectivity index (χ4v) is 3.92. The summed E-state index contributed by atoms with van der Waals surface area (Å²) in [6.45, 7) is 10.5. The molecule has 0 N–H and O–H groups in total. The van der Waals surface area contributed by atoms with Gasteiger partial charge in [0.15, 0.2) is 0 Å². The molecule has 3 rings (SSSR count). The summed E-state index contributed by atoms with van der Waals surface area (Å²) >= 11 is 0. The van der Waals surface area contributed by atoms with Gasteiger partial charge < -0.3 is 19.3 Å². The van der Waals surface area contributed by atoms with Crippen molar-refractivity contribution in [1.82, 2.24) is 9.80 Å². The number of likely N-dealkylation sites (N-methyl/N-ethyl adjacent to an activating group) is 1. The molecule has 0 atom stereocenters. The van der Waals surface area contributed by atoms with Crippen LogP contribution in [-0.2, 0) is 4.74 Å². The number of methoxy groups -OCH3 is 1. The van der Waals surface area contributed by atoms with Crippen molar-refractivity contribution in [3.05, 3.63) is 42.0 Å². The van der Waals surface area contributed by atoms with Crippen molar-refractivity contribution < 1.29 is 14.3 Å². The van der Waals surface area contributed by atoms with Crippen molar-refractivity contribution in [2.75, 3.05) is 39.9 Å². The number of likely N-dealkylation sites (tertiary alicyclic amines) is 1. The summed E-state index contributed by atoms with van der Waals surface area (Å²) in [5.74, 6) is 0.957. The SMILES string of the molecule is CCN(CCOC)C(=O)c1ccc2cc(OC3CCN(C(C)C)CC3)ccc2c1. The number of fused-ring (bicyclic) bond motifs is 1. The van der Waals surface area contributed by atoms with Crippen LogP contribution in [0.15, 0.2) is 36.4 Å². The second-order valence-electron chi connectivity index (χ2n) is 8.05. The molecule has 1 amide bonds. The molecule has 2 aromatic carbocycles. The van der Waals surface area contributed by atoms with E-state index in [1.165, 1.54) is 0 Å². The third-order valence-electron chi connectivity index (χ3n) is 5.80. The molecular formula is C24H34N2O3. The second kappa shape index (κ2) is 10.1. The molecule has 1 aliphatic heterocycles. The van der Waals surface area contributed by atoms with Crippen molar-refractivity contribution >= 4 is 16.7 Å². The quantitative estimate of drug-likeness (QED) is 0.668. The number of amides is 1. The molecule has 2 aromatic rings. The zero-order valence-corrected chi connectivity index (χ0v) is 18.2. The van der Waals surface area contributed by atoms with Crippen LogP contribution in [0.3, 0.4) is 0 Å². The van der Waals surface area contributed by atoms with Gasteiger partial charge in [0.1, 0.15) is 11.9 Å². The van der Waals surface area contributed by atoms with Gasteiger partial charge in [-0.3, -0.25) is 4.79 Å². The summed E-state index contributed by atoms with van der Waals surface area (Å²) in [6.07, 6.45) is 2.41. The fraction of sp³-hybridized carbons (Fsp3) is 0.542. The van der Waals surface area contributed by atoms with Gasteiger partial charge in [0.05, 0.1) is 6.61 Å². The third kappa shape index (κ3) is 5.49. The van der Waals surface area contributed by atoms with E-state index >= 15 is 0 Å². The highest BCUT2D eigenvalue weighted by Gasteiger charge is 2.22. The minimum Gasteiger partial charge on any atom is -0.490 e. The van der Waals surface area contributed by atoms with Crippen LogP contribution in [0.4, 0.5) is 0 Å². The van der Waals surface area contributed by atoms with Gasteiger partial charge in [-0.2, -0.15) is 0 Å². The van der Waals surface area contributed by atoms with E-state index in [2.05, 4.69) is 30.9 Å². The number of carbonyl (C=O) groups is 1. The van der Waals surface area contributed by atoms with Gasteiger partial charge in [-0.1, -0.05) is 12.1 Å². The number of nitrogens with zero attached hydrogens (tertiary/aromatic N) is 2. The minimum absolute atomic E-state index is 0.0451. The number of ether oxygens (including phenoxy) is 2. The highest BCUT2D eigenvalue weighted by molar-refractivity contribution is 5.98. The summed E-state index contributed by atoms with van der Waals surface area (Å²) in [5, 5.41) is 2.15. The van der Waals surface area contributed by atoms with Gasteiger partial charge in [0.25, 0.3) is 5.91 Å². The summed E-state index contributed by atoms with van der Waals surface area (Å²) in [4.78, 5) is 17.1. The van der Waals surface area contributed by atoms with Gasteiger partial charge >= 0.3 is 0 Å². The molecule has 0 aliphatic carbocycles. The second-order valence-corrected chi connectivity index (χ2v) is 8.05. The molecule has 158 valence electrons. The Bertz CT molecular complexity index is 813. The van der Waals surface area contributed by atoms with Crippen LogP contribution in [0.1, 0.15) is 44.0 Å². The summed E-state index contributed by atoms with van der Waals surface area (Å²) in [5.41, 5.74) is 0.713. The van der Waals surface area contributed by atoms with Gasteiger partial charge in [-0.15, -0.1) is 0 Å². The van der Waals surface area contributed by atoms with Gasteiger partial charge in [0.2, 0.25) is 0 Å². The Kier molecular flexibility index (Phi) is 7.51. The van der Waals surface area contributed by atoms with E-state index < -0.39 is 0 Å². The predicted octanol–water partition coefficient (Wildman–Crippen LogP) is 4.20. The Morgan fingerprint density at radius 1 is 1.14 bits per heavy atom. The first-order chi connectivity index (χ1) is 14.0. The van der Waals surface area contributed by atoms with E-state index in [9.17, 15) is 4.79 Å². The fourth-order valence-electron chi connectivity index (χ4n) is 3.92. The molecule has 1 fully saturated rings. The van der Waals surface area contributed by atoms with E-state index in [1.54, 1.807) is 7.11 Å². The summed E-state index contributed by atoms with van der Waals surface area (Å²) < 4.78 is 11.4. The smallest absolute Gasteiger partial charge is 0.253 e. The Labute approximate surface area is 174 Å². The first-order valence-corrected chi connectivity index (χ1v) is 10.7. The molecule has 0 aromatic heterocycles. The zero-order valence-electron chi connectivity index (χ0n) is 18.2. The Morgan fingerprint density at radius 3 is 2.48 bits per heavy atom. The van der Waals surface area contributed by atoms with E-state index in [-0.39, 0.29) is 12.0 Å². The lowest BCUT2D eigenvalue weighted by molar-refractivity contribution is 0.0706. The largest absolute Gasteiger partial charge is 0.490 e. The lowest BCUT2D eigenvalue weighted by atomic mass is 10.0. The molecule has 0 spiro atoms.